The lowest BCUT2D eigenvalue weighted by atomic mass is 9.91. The summed E-state index contributed by atoms with van der Waals surface area (Å²) in [5, 5.41) is 10.2. The molecule has 214 valence electrons. The maximum atomic E-state index is 4.91. The Morgan fingerprint density at radius 1 is 0.239 bits per heavy atom. The van der Waals surface area contributed by atoms with Crippen molar-refractivity contribution in [3.8, 4) is 45.3 Å². The van der Waals surface area contributed by atoms with Gasteiger partial charge >= 0.3 is 0 Å². The van der Waals surface area contributed by atoms with E-state index in [2.05, 4.69) is 103 Å². The third kappa shape index (κ3) is 4.41. The molecule has 0 unspecified atom stereocenters. The molecule has 0 atom stereocenters. The zero-order valence-electron chi connectivity index (χ0n) is 24.9. The van der Waals surface area contributed by atoms with Crippen molar-refractivity contribution in [2.45, 2.75) is 0 Å². The molecule has 0 saturated carbocycles. The summed E-state index contributed by atoms with van der Waals surface area (Å²) in [6, 6.07) is 57.6. The minimum atomic E-state index is 0.655. The van der Waals surface area contributed by atoms with Gasteiger partial charge in [0.25, 0.3) is 0 Å². The van der Waals surface area contributed by atoms with E-state index in [4.69, 9.17) is 15.0 Å². The van der Waals surface area contributed by atoms with Crippen LogP contribution >= 0.6 is 0 Å². The molecular weight excluding hydrogens is 558 g/mol. The van der Waals surface area contributed by atoms with Crippen molar-refractivity contribution in [2.75, 3.05) is 0 Å². The van der Waals surface area contributed by atoms with Gasteiger partial charge in [0.2, 0.25) is 0 Å². The van der Waals surface area contributed by atoms with Crippen LogP contribution in [0.4, 0.5) is 0 Å². The molecule has 1 heterocycles. The van der Waals surface area contributed by atoms with Gasteiger partial charge in [-0.15, -0.1) is 0 Å². The topological polar surface area (TPSA) is 38.7 Å². The van der Waals surface area contributed by atoms with Crippen LogP contribution < -0.4 is 0 Å². The Balaban J connectivity index is 1.14. The fraction of sp³-hybridized carbons (Fsp3) is 0. The number of fused-ring (bicyclic) bond motifs is 7. The highest BCUT2D eigenvalue weighted by Crippen LogP contribution is 2.38. The molecule has 0 saturated heterocycles. The summed E-state index contributed by atoms with van der Waals surface area (Å²) in [6.45, 7) is 0. The number of nitrogens with zero attached hydrogens (tertiary/aromatic N) is 3. The van der Waals surface area contributed by atoms with Crippen LogP contribution in [0.3, 0.4) is 0 Å². The van der Waals surface area contributed by atoms with Crippen LogP contribution in [0.5, 0.6) is 0 Å². The quantitative estimate of drug-likeness (QED) is 0.193. The first-order chi connectivity index (χ1) is 22.8. The van der Waals surface area contributed by atoms with Crippen molar-refractivity contribution < 1.29 is 0 Å². The molecule has 0 N–H and O–H groups in total. The molecule has 0 aliphatic carbocycles. The van der Waals surface area contributed by atoms with Gasteiger partial charge in [-0.25, -0.2) is 15.0 Å². The van der Waals surface area contributed by atoms with Crippen molar-refractivity contribution >= 4 is 43.1 Å². The molecule has 9 rings (SSSR count). The third-order valence-electron chi connectivity index (χ3n) is 8.93. The zero-order chi connectivity index (χ0) is 30.5. The van der Waals surface area contributed by atoms with Gasteiger partial charge in [0.15, 0.2) is 17.5 Å². The first-order valence-corrected chi connectivity index (χ1v) is 15.5. The van der Waals surface area contributed by atoms with E-state index in [0.717, 1.165) is 22.3 Å². The van der Waals surface area contributed by atoms with Gasteiger partial charge in [0.1, 0.15) is 0 Å². The Morgan fingerprint density at radius 2 is 0.652 bits per heavy atom. The van der Waals surface area contributed by atoms with Crippen molar-refractivity contribution in [1.29, 1.82) is 0 Å². The van der Waals surface area contributed by atoms with E-state index in [-0.39, 0.29) is 0 Å². The maximum Gasteiger partial charge on any atom is 0.164 e. The van der Waals surface area contributed by atoms with Crippen LogP contribution in [0, 0.1) is 0 Å². The van der Waals surface area contributed by atoms with E-state index in [1.54, 1.807) is 0 Å². The molecule has 8 aromatic carbocycles. The molecule has 0 spiro atoms. The second kappa shape index (κ2) is 10.8. The van der Waals surface area contributed by atoms with Crippen molar-refractivity contribution in [2.24, 2.45) is 0 Å². The van der Waals surface area contributed by atoms with Gasteiger partial charge in [-0.3, -0.25) is 0 Å². The Bertz CT molecular complexity index is 2500. The summed E-state index contributed by atoms with van der Waals surface area (Å²) < 4.78 is 0. The third-order valence-corrected chi connectivity index (χ3v) is 8.93. The second-order valence-electron chi connectivity index (χ2n) is 11.6. The van der Waals surface area contributed by atoms with Crippen molar-refractivity contribution in [3.63, 3.8) is 0 Å². The standard InChI is InChI=1S/C43H27N3/c1-3-11-30(12-4-1)41-44-42(31-13-5-2-6-14-31)46-43(45-41)32-20-18-29(19-21-32)34-16-9-17-35-36(34)24-27-40-38-23-22-28-10-7-8-15-33(28)37(38)25-26-39(35)40/h1-27H. The summed E-state index contributed by atoms with van der Waals surface area (Å²) in [4.78, 5) is 14.6. The highest BCUT2D eigenvalue weighted by molar-refractivity contribution is 6.23. The molecule has 0 amide bonds. The predicted octanol–water partition coefficient (Wildman–Crippen LogP) is 11.2. The lowest BCUT2D eigenvalue weighted by molar-refractivity contribution is 1.07. The first kappa shape index (κ1) is 26.2. The lowest BCUT2D eigenvalue weighted by Crippen LogP contribution is -2.00. The highest BCUT2D eigenvalue weighted by Gasteiger charge is 2.14. The molecular formula is C43H27N3. The molecule has 0 bridgehead atoms. The molecule has 3 nitrogen and oxygen atoms in total. The zero-order valence-corrected chi connectivity index (χ0v) is 24.9. The number of hydrogen-bond donors (Lipinski definition) is 0. The van der Waals surface area contributed by atoms with E-state index in [1.807, 2.05) is 60.7 Å². The summed E-state index contributed by atoms with van der Waals surface area (Å²) in [5.41, 5.74) is 5.23. The Morgan fingerprint density at radius 3 is 1.26 bits per heavy atom. The SMILES string of the molecule is c1ccc(-c2nc(-c3ccccc3)nc(-c3ccc(-c4cccc5c4ccc4c5ccc5c6ccccc6ccc54)cc3)n2)cc1. The van der Waals surface area contributed by atoms with E-state index < -0.39 is 0 Å². The summed E-state index contributed by atoms with van der Waals surface area (Å²) in [7, 11) is 0. The van der Waals surface area contributed by atoms with E-state index >= 15 is 0 Å². The smallest absolute Gasteiger partial charge is 0.164 e. The molecule has 1 aromatic heterocycles. The van der Waals surface area contributed by atoms with E-state index in [0.29, 0.717) is 17.5 Å². The summed E-state index contributed by atoms with van der Waals surface area (Å²) in [5.74, 6) is 1.98. The average molecular weight is 586 g/mol. The second-order valence-corrected chi connectivity index (χ2v) is 11.6. The van der Waals surface area contributed by atoms with Gasteiger partial charge in [0.05, 0.1) is 0 Å². The molecule has 0 radical (unpaired) electrons. The fourth-order valence-electron chi connectivity index (χ4n) is 6.66. The Hall–Kier alpha value is -6.19. The molecule has 0 aliphatic rings. The first-order valence-electron chi connectivity index (χ1n) is 15.5. The van der Waals surface area contributed by atoms with Gasteiger partial charge in [0, 0.05) is 16.7 Å². The van der Waals surface area contributed by atoms with Gasteiger partial charge in [-0.1, -0.05) is 164 Å². The van der Waals surface area contributed by atoms with Crippen LogP contribution in [-0.4, -0.2) is 15.0 Å². The maximum absolute atomic E-state index is 4.91. The molecule has 3 heteroatoms. The number of benzene rings is 8. The number of aromatic nitrogens is 3. The van der Waals surface area contributed by atoms with Gasteiger partial charge < -0.3 is 0 Å². The van der Waals surface area contributed by atoms with Crippen molar-refractivity contribution in [1.82, 2.24) is 15.0 Å². The molecule has 0 fully saturated rings. The fourth-order valence-corrected chi connectivity index (χ4v) is 6.66. The van der Waals surface area contributed by atoms with Crippen LogP contribution in [0.2, 0.25) is 0 Å². The highest BCUT2D eigenvalue weighted by atomic mass is 15.0. The summed E-state index contributed by atoms with van der Waals surface area (Å²) in [6.07, 6.45) is 0. The lowest BCUT2D eigenvalue weighted by Gasteiger charge is -2.13. The minimum absolute atomic E-state index is 0.655. The van der Waals surface area contributed by atoms with Crippen LogP contribution in [0.25, 0.3) is 88.4 Å². The van der Waals surface area contributed by atoms with E-state index in [1.165, 1.54) is 48.7 Å². The van der Waals surface area contributed by atoms with Gasteiger partial charge in [-0.05, 0) is 54.2 Å². The number of hydrogen-bond acceptors (Lipinski definition) is 3. The monoisotopic (exact) mass is 585 g/mol. The number of rotatable bonds is 4. The normalized spacial score (nSPS) is 11.5. The minimum Gasteiger partial charge on any atom is -0.208 e. The predicted molar refractivity (Wildman–Crippen MR) is 192 cm³/mol. The molecule has 9 aromatic rings. The van der Waals surface area contributed by atoms with Crippen molar-refractivity contribution in [3.05, 3.63) is 164 Å². The van der Waals surface area contributed by atoms with Crippen LogP contribution in [0.1, 0.15) is 0 Å². The Kier molecular flexibility index (Phi) is 6.14. The van der Waals surface area contributed by atoms with Crippen LogP contribution in [-0.2, 0) is 0 Å². The Labute approximate surface area is 266 Å². The largest absolute Gasteiger partial charge is 0.208 e. The van der Waals surface area contributed by atoms with E-state index in [9.17, 15) is 0 Å². The molecule has 0 aliphatic heterocycles. The average Bonchev–Trinajstić information content (AvgIpc) is 3.14. The van der Waals surface area contributed by atoms with Crippen LogP contribution in [0.15, 0.2) is 164 Å². The van der Waals surface area contributed by atoms with Gasteiger partial charge in [-0.2, -0.15) is 0 Å². The molecule has 46 heavy (non-hydrogen) atoms. The summed E-state index contributed by atoms with van der Waals surface area (Å²) >= 11 is 0.